The van der Waals surface area contributed by atoms with Gasteiger partial charge in [0.1, 0.15) is 24.8 Å². The summed E-state index contributed by atoms with van der Waals surface area (Å²) in [6.45, 7) is 5.94. The van der Waals surface area contributed by atoms with Crippen LogP contribution in [0.5, 0.6) is 0 Å². The van der Waals surface area contributed by atoms with Crippen molar-refractivity contribution < 1.29 is 24.0 Å². The van der Waals surface area contributed by atoms with Gasteiger partial charge >= 0.3 is 6.09 Å². The molecule has 0 aliphatic carbocycles. The summed E-state index contributed by atoms with van der Waals surface area (Å²) in [6.07, 6.45) is 1.91. The van der Waals surface area contributed by atoms with E-state index in [1.807, 2.05) is 67.7 Å². The van der Waals surface area contributed by atoms with Gasteiger partial charge in [-0.25, -0.2) is 9.39 Å². The second-order valence-electron chi connectivity index (χ2n) is 10.4. The van der Waals surface area contributed by atoms with E-state index in [0.29, 0.717) is 18.5 Å². The molecule has 0 saturated carbocycles. The van der Waals surface area contributed by atoms with E-state index in [-0.39, 0.29) is 17.0 Å². The summed E-state index contributed by atoms with van der Waals surface area (Å²) < 4.78 is 5.47. The first-order valence-electron chi connectivity index (χ1n) is 12.4. The Balaban J connectivity index is 1.85. The van der Waals surface area contributed by atoms with Crippen molar-refractivity contribution >= 4 is 12.0 Å². The molecule has 37 heavy (non-hydrogen) atoms. The maximum atomic E-state index is 13.1. The molecule has 0 fully saturated rings. The number of nitrogens with one attached hydrogen (secondary N) is 2. The molecule has 2 aromatic carbocycles. The van der Waals surface area contributed by atoms with Crippen LogP contribution in [0.3, 0.4) is 0 Å². The number of alkyl carbamates (subject to hydrolysis) is 1. The van der Waals surface area contributed by atoms with Gasteiger partial charge in [0.05, 0.1) is 13.1 Å². The van der Waals surface area contributed by atoms with Crippen LogP contribution in [0.4, 0.5) is 4.79 Å². The maximum Gasteiger partial charge on any atom is 0.407 e. The molecule has 0 spiro atoms. The highest BCUT2D eigenvalue weighted by Crippen LogP contribution is 2.16. The highest BCUT2D eigenvalue weighted by molar-refractivity contribution is 5.93. The molecule has 8 heteroatoms. The van der Waals surface area contributed by atoms with Crippen LogP contribution in [-0.4, -0.2) is 58.0 Å². The highest BCUT2D eigenvalue weighted by atomic mass is 16.6. The van der Waals surface area contributed by atoms with Gasteiger partial charge in [0.15, 0.2) is 0 Å². The molecule has 0 aliphatic heterocycles. The van der Waals surface area contributed by atoms with Gasteiger partial charge < -0.3 is 15.2 Å². The number of hydrogen-bond acceptors (Lipinski definition) is 5. The van der Waals surface area contributed by atoms with Crippen LogP contribution in [0.25, 0.3) is 0 Å². The van der Waals surface area contributed by atoms with E-state index in [1.165, 1.54) is 0 Å². The molecular weight excluding hydrogens is 468 g/mol. The van der Waals surface area contributed by atoms with Gasteiger partial charge in [-0.05, 0) is 44.9 Å². The van der Waals surface area contributed by atoms with Gasteiger partial charge in [-0.3, -0.25) is 9.78 Å². The predicted octanol–water partition coefficient (Wildman–Crippen LogP) is 3.87. The molecule has 1 heterocycles. The highest BCUT2D eigenvalue weighted by Gasteiger charge is 2.34. The fourth-order valence-electron chi connectivity index (χ4n) is 4.10. The minimum atomic E-state index is -1.00. The van der Waals surface area contributed by atoms with E-state index in [9.17, 15) is 14.7 Å². The van der Waals surface area contributed by atoms with Crippen molar-refractivity contribution in [2.45, 2.75) is 51.5 Å². The summed E-state index contributed by atoms with van der Waals surface area (Å²) in [7, 11) is 1.85. The SMILES string of the molecule is CC(C)(C)OC(=O)N[C@@H](Cc1ccccc1)[C@@H](O)C[N+](C)(Cc1ccccc1)NC(=O)c1ccncc1. The Hall–Kier alpha value is -3.75. The van der Waals surface area contributed by atoms with Gasteiger partial charge in [0.25, 0.3) is 5.91 Å². The van der Waals surface area contributed by atoms with E-state index in [4.69, 9.17) is 4.74 Å². The number of carbonyl (C=O) groups is 2. The molecule has 0 saturated heterocycles. The fourth-order valence-corrected chi connectivity index (χ4v) is 4.10. The number of aliphatic hydroxyl groups excluding tert-OH is 1. The first kappa shape index (κ1) is 27.8. The van der Waals surface area contributed by atoms with E-state index in [2.05, 4.69) is 15.7 Å². The lowest BCUT2D eigenvalue weighted by atomic mass is 10.0. The average molecular weight is 506 g/mol. The second-order valence-corrected chi connectivity index (χ2v) is 10.4. The monoisotopic (exact) mass is 505 g/mol. The summed E-state index contributed by atoms with van der Waals surface area (Å²) in [4.78, 5) is 29.7. The van der Waals surface area contributed by atoms with E-state index < -0.39 is 23.8 Å². The summed E-state index contributed by atoms with van der Waals surface area (Å²) in [5.41, 5.74) is 4.81. The first-order valence-corrected chi connectivity index (χ1v) is 12.4. The molecule has 3 rings (SSSR count). The Morgan fingerprint density at radius 1 is 0.946 bits per heavy atom. The number of hydrogen-bond donors (Lipinski definition) is 3. The van der Waals surface area contributed by atoms with Gasteiger partial charge in [0.2, 0.25) is 0 Å². The van der Waals surface area contributed by atoms with E-state index in [1.54, 1.807) is 45.3 Å². The van der Waals surface area contributed by atoms with Crippen LogP contribution in [-0.2, 0) is 17.7 Å². The third-order valence-electron chi connectivity index (χ3n) is 5.74. The summed E-state index contributed by atoms with van der Waals surface area (Å²) >= 11 is 0. The maximum absolute atomic E-state index is 13.1. The molecule has 0 aliphatic rings. The zero-order valence-corrected chi connectivity index (χ0v) is 21.9. The molecule has 3 atom stereocenters. The predicted molar refractivity (Wildman–Crippen MR) is 142 cm³/mol. The molecule has 1 unspecified atom stereocenters. The quantitative estimate of drug-likeness (QED) is 0.287. The van der Waals surface area contributed by atoms with Crippen molar-refractivity contribution in [1.82, 2.24) is 15.7 Å². The van der Waals surface area contributed by atoms with Gasteiger partial charge in [-0.15, -0.1) is 0 Å². The average Bonchev–Trinajstić information content (AvgIpc) is 2.84. The molecule has 0 bridgehead atoms. The lowest BCUT2D eigenvalue weighted by Gasteiger charge is -2.37. The minimum Gasteiger partial charge on any atom is -0.444 e. The van der Waals surface area contributed by atoms with Crippen molar-refractivity contribution in [2.75, 3.05) is 13.6 Å². The van der Waals surface area contributed by atoms with Gasteiger partial charge in [-0.1, -0.05) is 60.7 Å². The fraction of sp³-hybridized carbons (Fsp3) is 0.345. The molecule has 0 radical (unpaired) electrons. The molecule has 1 aromatic heterocycles. The second kappa shape index (κ2) is 12.5. The summed E-state index contributed by atoms with van der Waals surface area (Å²) in [5, 5.41) is 14.3. The topological polar surface area (TPSA) is 101 Å². The number of quaternary nitrogens is 1. The van der Waals surface area contributed by atoms with Crippen LogP contribution in [0, 0.1) is 0 Å². The Bertz CT molecular complexity index is 1140. The largest absolute Gasteiger partial charge is 0.444 e. The number of aliphatic hydroxyl groups is 1. The Morgan fingerprint density at radius 2 is 1.51 bits per heavy atom. The first-order chi connectivity index (χ1) is 17.5. The molecule has 8 nitrogen and oxygen atoms in total. The normalized spacial score (nSPS) is 14.6. The van der Waals surface area contributed by atoms with E-state index >= 15 is 0 Å². The number of ether oxygens (including phenoxy) is 1. The van der Waals surface area contributed by atoms with Crippen molar-refractivity contribution in [2.24, 2.45) is 0 Å². The molecule has 2 amide bonds. The summed E-state index contributed by atoms with van der Waals surface area (Å²) in [6, 6.07) is 22.0. The molecular formula is C29H37N4O4+. The molecule has 3 aromatic rings. The number of rotatable bonds is 10. The summed E-state index contributed by atoms with van der Waals surface area (Å²) in [5.74, 6) is -0.284. The Labute approximate surface area is 218 Å². The van der Waals surface area contributed by atoms with Gasteiger partial charge in [0, 0.05) is 23.5 Å². The third kappa shape index (κ3) is 9.33. The van der Waals surface area contributed by atoms with Crippen molar-refractivity contribution in [3.8, 4) is 0 Å². The lowest BCUT2D eigenvalue weighted by molar-refractivity contribution is -0.958. The molecule has 3 N–H and O–H groups in total. The van der Waals surface area contributed by atoms with Crippen LogP contribution >= 0.6 is 0 Å². The van der Waals surface area contributed by atoms with Crippen molar-refractivity contribution in [1.29, 1.82) is 0 Å². The standard InChI is InChI=1S/C29H36N4O4/c1-29(2,3)37-28(36)31-25(19-22-11-7-5-8-12-22)26(34)21-33(4,20-23-13-9-6-10-14-23)32-27(35)24-15-17-30-18-16-24/h5-18,25-26,34H,19-21H2,1-4H3,(H-,31,32,35,36)/p+1/t25-,26-,33?/m0/s1. The van der Waals surface area contributed by atoms with Gasteiger partial charge in [-0.2, -0.15) is 5.43 Å². The third-order valence-corrected chi connectivity index (χ3v) is 5.74. The van der Waals surface area contributed by atoms with E-state index in [0.717, 1.165) is 11.1 Å². The smallest absolute Gasteiger partial charge is 0.407 e. The number of aromatic nitrogens is 1. The minimum absolute atomic E-state index is 0.00756. The number of benzene rings is 2. The number of amides is 2. The lowest BCUT2D eigenvalue weighted by Crippen LogP contribution is -2.62. The zero-order valence-electron chi connectivity index (χ0n) is 21.9. The van der Waals surface area contributed by atoms with Crippen molar-refractivity contribution in [3.63, 3.8) is 0 Å². The van der Waals surface area contributed by atoms with Crippen LogP contribution in [0.2, 0.25) is 0 Å². The number of likely N-dealkylation sites (N-methyl/N-ethyl adjacent to an activating group) is 1. The number of pyridine rings is 1. The number of nitrogens with zero attached hydrogens (tertiary/aromatic N) is 2. The molecule has 196 valence electrons. The zero-order chi connectivity index (χ0) is 26.9. The Kier molecular flexibility index (Phi) is 9.38. The van der Waals surface area contributed by atoms with Crippen LogP contribution in [0.1, 0.15) is 42.3 Å². The Morgan fingerprint density at radius 3 is 2.08 bits per heavy atom. The van der Waals surface area contributed by atoms with Crippen LogP contribution < -0.4 is 10.7 Å². The van der Waals surface area contributed by atoms with Crippen LogP contribution in [0.15, 0.2) is 85.2 Å². The number of carbonyl (C=O) groups excluding carboxylic acids is 2. The van der Waals surface area contributed by atoms with Crippen molar-refractivity contribution in [3.05, 3.63) is 102 Å².